The first-order chi connectivity index (χ1) is 8.82. The summed E-state index contributed by atoms with van der Waals surface area (Å²) >= 11 is 5.78. The first-order valence-electron chi connectivity index (χ1n) is 5.91. The summed E-state index contributed by atoms with van der Waals surface area (Å²) in [6, 6.07) is -0.254. The fourth-order valence-corrected chi connectivity index (χ4v) is 2.72. The first kappa shape index (κ1) is 14.2. The average Bonchev–Trinajstić information content (AvgIpc) is 2.68. The van der Waals surface area contributed by atoms with Crippen LogP contribution in [0.1, 0.15) is 54.2 Å². The number of rotatable bonds is 2. The van der Waals surface area contributed by atoms with Gasteiger partial charge in [0.2, 0.25) is 0 Å². The van der Waals surface area contributed by atoms with E-state index in [0.717, 1.165) is 23.9 Å². The topological polar surface area (TPSA) is 55.1 Å². The minimum atomic E-state index is -4.82. The van der Waals surface area contributed by atoms with E-state index in [2.05, 4.69) is 5.10 Å². The molecule has 0 aliphatic heterocycles. The molecule has 1 aliphatic carbocycles. The molecule has 1 aromatic heterocycles. The number of aromatic carboxylic acids is 1. The second-order valence-corrected chi connectivity index (χ2v) is 4.91. The van der Waals surface area contributed by atoms with Crippen LogP contribution in [0, 0.1) is 0 Å². The van der Waals surface area contributed by atoms with E-state index in [1.807, 2.05) is 0 Å². The SMILES string of the molecule is O=C(O)c1c(C(F)(F)F)nn(C2CCCCC2)c1Cl. The van der Waals surface area contributed by atoms with E-state index in [-0.39, 0.29) is 6.04 Å². The minimum absolute atomic E-state index is 0.254. The summed E-state index contributed by atoms with van der Waals surface area (Å²) in [5.74, 6) is -1.71. The van der Waals surface area contributed by atoms with E-state index in [9.17, 15) is 18.0 Å². The summed E-state index contributed by atoms with van der Waals surface area (Å²) in [5.41, 5.74) is -2.38. The Labute approximate surface area is 112 Å². The largest absolute Gasteiger partial charge is 0.478 e. The molecule has 1 heterocycles. The zero-order valence-electron chi connectivity index (χ0n) is 9.87. The fraction of sp³-hybridized carbons (Fsp3) is 0.636. The van der Waals surface area contributed by atoms with Gasteiger partial charge < -0.3 is 5.11 Å². The normalized spacial score (nSPS) is 17.7. The minimum Gasteiger partial charge on any atom is -0.478 e. The van der Waals surface area contributed by atoms with Gasteiger partial charge in [0.15, 0.2) is 5.69 Å². The van der Waals surface area contributed by atoms with Crippen LogP contribution in [-0.4, -0.2) is 20.9 Å². The lowest BCUT2D eigenvalue weighted by Crippen LogP contribution is -2.16. The van der Waals surface area contributed by atoms with Gasteiger partial charge in [0.1, 0.15) is 10.7 Å². The third-order valence-corrected chi connectivity index (χ3v) is 3.62. The van der Waals surface area contributed by atoms with Crippen molar-refractivity contribution >= 4 is 17.6 Å². The number of carboxylic acids is 1. The van der Waals surface area contributed by atoms with Crippen molar-refractivity contribution in [2.75, 3.05) is 0 Å². The maximum atomic E-state index is 12.8. The molecule has 1 saturated carbocycles. The maximum Gasteiger partial charge on any atom is 0.436 e. The number of carboxylic acid groups (broad SMARTS) is 1. The molecule has 1 aliphatic rings. The Morgan fingerprint density at radius 2 is 1.89 bits per heavy atom. The Bertz CT molecular complexity index is 493. The van der Waals surface area contributed by atoms with Gasteiger partial charge in [-0.3, -0.25) is 0 Å². The number of halogens is 4. The Kier molecular flexibility index (Phi) is 3.75. The zero-order chi connectivity index (χ0) is 14.2. The highest BCUT2D eigenvalue weighted by atomic mass is 35.5. The predicted molar refractivity (Wildman–Crippen MR) is 61.3 cm³/mol. The van der Waals surface area contributed by atoms with E-state index in [1.165, 1.54) is 0 Å². The molecule has 2 rings (SSSR count). The lowest BCUT2D eigenvalue weighted by molar-refractivity contribution is -0.142. The number of nitrogens with zero attached hydrogens (tertiary/aromatic N) is 2. The lowest BCUT2D eigenvalue weighted by atomic mass is 9.96. The molecule has 1 N–H and O–H groups in total. The average molecular weight is 297 g/mol. The van der Waals surface area contributed by atoms with Gasteiger partial charge >= 0.3 is 12.1 Å². The van der Waals surface area contributed by atoms with Gasteiger partial charge in [-0.25, -0.2) is 9.48 Å². The van der Waals surface area contributed by atoms with Crippen molar-refractivity contribution < 1.29 is 23.1 Å². The van der Waals surface area contributed by atoms with Crippen LogP contribution in [0.4, 0.5) is 13.2 Å². The zero-order valence-corrected chi connectivity index (χ0v) is 10.6. The van der Waals surface area contributed by atoms with E-state index < -0.39 is 28.6 Å². The van der Waals surface area contributed by atoms with Crippen molar-refractivity contribution in [2.24, 2.45) is 0 Å². The summed E-state index contributed by atoms with van der Waals surface area (Å²) < 4.78 is 39.3. The molecule has 1 aromatic rings. The Balaban J connectivity index is 2.48. The number of aromatic nitrogens is 2. The van der Waals surface area contributed by atoms with Crippen molar-refractivity contribution in [1.82, 2.24) is 9.78 Å². The quantitative estimate of drug-likeness (QED) is 0.904. The summed E-state index contributed by atoms with van der Waals surface area (Å²) in [6.45, 7) is 0. The van der Waals surface area contributed by atoms with E-state index in [4.69, 9.17) is 16.7 Å². The second-order valence-electron chi connectivity index (χ2n) is 4.55. The maximum absolute atomic E-state index is 12.8. The highest BCUT2D eigenvalue weighted by Gasteiger charge is 2.42. The molecule has 0 amide bonds. The molecule has 0 aromatic carbocycles. The molecular formula is C11H12ClF3N2O2. The Hall–Kier alpha value is -1.24. The number of hydrogen-bond acceptors (Lipinski definition) is 2. The summed E-state index contributed by atoms with van der Waals surface area (Å²) in [5, 5.41) is 11.9. The molecule has 0 unspecified atom stereocenters. The van der Waals surface area contributed by atoms with Crippen LogP contribution in [0.2, 0.25) is 5.15 Å². The van der Waals surface area contributed by atoms with Gasteiger partial charge in [0.05, 0.1) is 6.04 Å². The van der Waals surface area contributed by atoms with Crippen LogP contribution in [0.3, 0.4) is 0 Å². The predicted octanol–water partition coefficient (Wildman–Crippen LogP) is 3.76. The van der Waals surface area contributed by atoms with E-state index in [1.54, 1.807) is 0 Å². The van der Waals surface area contributed by atoms with Crippen molar-refractivity contribution in [3.63, 3.8) is 0 Å². The highest BCUT2D eigenvalue weighted by molar-refractivity contribution is 6.32. The molecule has 0 atom stereocenters. The fourth-order valence-electron chi connectivity index (χ4n) is 2.37. The van der Waals surface area contributed by atoms with E-state index >= 15 is 0 Å². The molecule has 19 heavy (non-hydrogen) atoms. The van der Waals surface area contributed by atoms with Crippen molar-refractivity contribution in [2.45, 2.75) is 44.3 Å². The second kappa shape index (κ2) is 5.03. The van der Waals surface area contributed by atoms with Gasteiger partial charge in [0.25, 0.3) is 0 Å². The summed E-state index contributed by atoms with van der Waals surface area (Å²) in [7, 11) is 0. The Morgan fingerprint density at radius 3 is 2.32 bits per heavy atom. The molecule has 4 nitrogen and oxygen atoms in total. The summed E-state index contributed by atoms with van der Waals surface area (Å²) in [6.07, 6.45) is -0.713. The van der Waals surface area contributed by atoms with Gasteiger partial charge in [0, 0.05) is 0 Å². The molecule has 0 saturated heterocycles. The van der Waals surface area contributed by atoms with Gasteiger partial charge in [-0.15, -0.1) is 0 Å². The van der Waals surface area contributed by atoms with Crippen molar-refractivity contribution in [3.8, 4) is 0 Å². The molecule has 8 heteroatoms. The van der Waals surface area contributed by atoms with Gasteiger partial charge in [-0.05, 0) is 12.8 Å². The number of hydrogen-bond donors (Lipinski definition) is 1. The third-order valence-electron chi connectivity index (χ3n) is 3.25. The van der Waals surface area contributed by atoms with E-state index in [0.29, 0.717) is 12.8 Å². The number of carbonyl (C=O) groups is 1. The summed E-state index contributed by atoms with van der Waals surface area (Å²) in [4.78, 5) is 10.9. The van der Waals surface area contributed by atoms with Crippen molar-refractivity contribution in [3.05, 3.63) is 16.4 Å². The van der Waals surface area contributed by atoms with Crippen LogP contribution >= 0.6 is 11.6 Å². The van der Waals surface area contributed by atoms with Crippen LogP contribution in [-0.2, 0) is 6.18 Å². The standard InChI is InChI=1S/C11H12ClF3N2O2/c12-9-7(10(18)19)8(11(13,14)15)16-17(9)6-4-2-1-3-5-6/h6H,1-5H2,(H,18,19). The van der Waals surface area contributed by atoms with Crippen LogP contribution in [0.15, 0.2) is 0 Å². The Morgan fingerprint density at radius 1 is 1.32 bits per heavy atom. The lowest BCUT2D eigenvalue weighted by Gasteiger charge is -2.22. The molecular weight excluding hydrogens is 285 g/mol. The first-order valence-corrected chi connectivity index (χ1v) is 6.28. The van der Waals surface area contributed by atoms with Crippen molar-refractivity contribution in [1.29, 1.82) is 0 Å². The molecule has 0 spiro atoms. The third kappa shape index (κ3) is 2.70. The molecule has 0 bridgehead atoms. The van der Waals surface area contributed by atoms with Crippen LogP contribution in [0.25, 0.3) is 0 Å². The molecule has 0 radical (unpaired) electrons. The van der Waals surface area contributed by atoms with Crippen LogP contribution in [0.5, 0.6) is 0 Å². The number of alkyl halides is 3. The van der Waals surface area contributed by atoms with Gasteiger partial charge in [-0.1, -0.05) is 30.9 Å². The smallest absolute Gasteiger partial charge is 0.436 e. The monoisotopic (exact) mass is 296 g/mol. The van der Waals surface area contributed by atoms with Crippen LogP contribution < -0.4 is 0 Å². The highest BCUT2D eigenvalue weighted by Crippen LogP contribution is 2.38. The molecule has 106 valence electrons. The molecule has 1 fully saturated rings. The van der Waals surface area contributed by atoms with Gasteiger partial charge in [-0.2, -0.15) is 18.3 Å².